The summed E-state index contributed by atoms with van der Waals surface area (Å²) in [4.78, 5) is 23.2. The van der Waals surface area contributed by atoms with Gasteiger partial charge in [0.2, 0.25) is 0 Å². The van der Waals surface area contributed by atoms with Crippen molar-refractivity contribution in [2.24, 2.45) is 0 Å². The van der Waals surface area contributed by atoms with Crippen LogP contribution in [0.2, 0.25) is 0 Å². The Kier molecular flexibility index (Phi) is 3.97. The van der Waals surface area contributed by atoms with Gasteiger partial charge >= 0.3 is 5.97 Å². The third-order valence-electron chi connectivity index (χ3n) is 2.98. The first-order chi connectivity index (χ1) is 9.15. The molecule has 0 saturated heterocycles. The Hall–Kier alpha value is -2.14. The quantitative estimate of drug-likeness (QED) is 0.832. The van der Waals surface area contributed by atoms with E-state index >= 15 is 0 Å². The average molecular weight is 261 g/mol. The lowest BCUT2D eigenvalue weighted by Gasteiger charge is -2.11. The molecule has 100 valence electrons. The number of hydrogen-bond acceptors (Lipinski definition) is 3. The van der Waals surface area contributed by atoms with Crippen LogP contribution in [0.15, 0.2) is 35.1 Å². The molecule has 0 fully saturated rings. The topological polar surface area (TPSA) is 68.5 Å². The fourth-order valence-corrected chi connectivity index (χ4v) is 2.11. The summed E-state index contributed by atoms with van der Waals surface area (Å²) in [7, 11) is 1.61. The van der Waals surface area contributed by atoms with Crippen LogP contribution in [-0.2, 0) is 11.3 Å². The number of nitrogens with zero attached hydrogens (tertiary/aromatic N) is 1. The predicted octanol–water partition coefficient (Wildman–Crippen LogP) is 1.74. The third-order valence-corrected chi connectivity index (χ3v) is 2.98. The number of methoxy groups -OCH3 is 1. The van der Waals surface area contributed by atoms with Gasteiger partial charge < -0.3 is 14.4 Å². The maximum Gasteiger partial charge on any atom is 0.336 e. The molecule has 0 unspecified atom stereocenters. The Labute approximate surface area is 110 Å². The molecule has 0 atom stereocenters. The van der Waals surface area contributed by atoms with Gasteiger partial charge in [-0.25, -0.2) is 4.79 Å². The largest absolute Gasteiger partial charge is 0.478 e. The average Bonchev–Trinajstić information content (AvgIpc) is 2.40. The second-order valence-corrected chi connectivity index (χ2v) is 4.22. The highest BCUT2D eigenvalue weighted by molar-refractivity contribution is 6.02. The van der Waals surface area contributed by atoms with E-state index in [-0.39, 0.29) is 11.1 Å². The zero-order chi connectivity index (χ0) is 13.8. The van der Waals surface area contributed by atoms with Gasteiger partial charge in [0, 0.05) is 31.7 Å². The lowest BCUT2D eigenvalue weighted by atomic mass is 10.1. The third kappa shape index (κ3) is 2.66. The first-order valence-corrected chi connectivity index (χ1v) is 6.00. The van der Waals surface area contributed by atoms with Gasteiger partial charge in [-0.15, -0.1) is 0 Å². The van der Waals surface area contributed by atoms with Gasteiger partial charge in [0.25, 0.3) is 5.56 Å². The van der Waals surface area contributed by atoms with E-state index in [0.29, 0.717) is 30.5 Å². The van der Waals surface area contributed by atoms with Crippen molar-refractivity contribution in [2.45, 2.75) is 13.0 Å². The lowest BCUT2D eigenvalue weighted by molar-refractivity contribution is 0.0698. The minimum Gasteiger partial charge on any atom is -0.478 e. The van der Waals surface area contributed by atoms with E-state index in [1.807, 2.05) is 0 Å². The lowest BCUT2D eigenvalue weighted by Crippen LogP contribution is -2.22. The smallest absolute Gasteiger partial charge is 0.336 e. The van der Waals surface area contributed by atoms with Crippen LogP contribution in [0.5, 0.6) is 0 Å². The molecule has 0 aliphatic rings. The molecule has 0 aliphatic heterocycles. The summed E-state index contributed by atoms with van der Waals surface area (Å²) in [6.45, 7) is 1.06. The number of rotatable bonds is 5. The van der Waals surface area contributed by atoms with Crippen molar-refractivity contribution in [3.8, 4) is 0 Å². The summed E-state index contributed by atoms with van der Waals surface area (Å²) in [6, 6.07) is 8.21. The number of ether oxygens (including phenoxy) is 1. The van der Waals surface area contributed by atoms with Gasteiger partial charge in [0.15, 0.2) is 0 Å². The Morgan fingerprint density at radius 1 is 1.37 bits per heavy atom. The molecule has 1 aromatic heterocycles. The van der Waals surface area contributed by atoms with Crippen LogP contribution in [0, 0.1) is 0 Å². The van der Waals surface area contributed by atoms with Gasteiger partial charge in [0.05, 0.1) is 11.1 Å². The molecule has 19 heavy (non-hydrogen) atoms. The molecule has 5 heteroatoms. The number of aryl methyl sites for hydroxylation is 1. The van der Waals surface area contributed by atoms with E-state index in [0.717, 1.165) is 0 Å². The molecule has 5 nitrogen and oxygen atoms in total. The van der Waals surface area contributed by atoms with Crippen LogP contribution in [0.3, 0.4) is 0 Å². The van der Waals surface area contributed by atoms with Gasteiger partial charge in [0.1, 0.15) is 0 Å². The molecule has 0 radical (unpaired) electrons. The number of hydrogen-bond donors (Lipinski definition) is 1. The number of aromatic carboxylic acids is 1. The van der Waals surface area contributed by atoms with Crippen LogP contribution in [0.4, 0.5) is 0 Å². The van der Waals surface area contributed by atoms with E-state index in [1.54, 1.807) is 35.9 Å². The SMILES string of the molecule is COCCCn1c(=O)cc(C(=O)O)c2ccccc21. The number of carboxylic acid groups (broad SMARTS) is 1. The molecule has 1 aromatic carbocycles. The fourth-order valence-electron chi connectivity index (χ4n) is 2.11. The molecule has 2 aromatic rings. The van der Waals surface area contributed by atoms with Crippen LogP contribution in [0.1, 0.15) is 16.8 Å². The second kappa shape index (κ2) is 5.67. The molecule has 2 rings (SSSR count). The van der Waals surface area contributed by atoms with E-state index in [2.05, 4.69) is 0 Å². The maximum absolute atomic E-state index is 12.0. The van der Waals surface area contributed by atoms with Crippen molar-refractivity contribution >= 4 is 16.9 Å². The van der Waals surface area contributed by atoms with E-state index < -0.39 is 5.97 Å². The Morgan fingerprint density at radius 3 is 2.79 bits per heavy atom. The van der Waals surface area contributed by atoms with Gasteiger partial charge in [-0.3, -0.25) is 4.79 Å². The van der Waals surface area contributed by atoms with Gasteiger partial charge in [-0.2, -0.15) is 0 Å². The summed E-state index contributed by atoms with van der Waals surface area (Å²) in [5.41, 5.74) is 0.388. The number of carboxylic acids is 1. The van der Waals surface area contributed by atoms with Crippen molar-refractivity contribution in [1.82, 2.24) is 4.57 Å². The number of benzene rings is 1. The highest BCUT2D eigenvalue weighted by Gasteiger charge is 2.12. The molecule has 0 spiro atoms. The second-order valence-electron chi connectivity index (χ2n) is 4.22. The van der Waals surface area contributed by atoms with E-state index in [1.165, 1.54) is 6.07 Å². The number of fused-ring (bicyclic) bond motifs is 1. The van der Waals surface area contributed by atoms with E-state index in [9.17, 15) is 9.59 Å². The monoisotopic (exact) mass is 261 g/mol. The molecular weight excluding hydrogens is 246 g/mol. The summed E-state index contributed by atoms with van der Waals surface area (Å²) in [5, 5.41) is 9.72. The molecule has 0 aliphatic carbocycles. The normalized spacial score (nSPS) is 10.8. The highest BCUT2D eigenvalue weighted by Crippen LogP contribution is 2.17. The zero-order valence-electron chi connectivity index (χ0n) is 10.6. The summed E-state index contributed by atoms with van der Waals surface area (Å²) in [6.07, 6.45) is 0.701. The first-order valence-electron chi connectivity index (χ1n) is 6.00. The Balaban J connectivity index is 2.59. The zero-order valence-corrected chi connectivity index (χ0v) is 10.6. The molecular formula is C14H15NO4. The molecule has 1 heterocycles. The van der Waals surface area contributed by atoms with Crippen molar-refractivity contribution in [1.29, 1.82) is 0 Å². The maximum atomic E-state index is 12.0. The van der Waals surface area contributed by atoms with E-state index in [4.69, 9.17) is 9.84 Å². The van der Waals surface area contributed by atoms with Crippen LogP contribution in [-0.4, -0.2) is 29.4 Å². The number of aromatic nitrogens is 1. The van der Waals surface area contributed by atoms with Crippen molar-refractivity contribution in [3.05, 3.63) is 46.2 Å². The van der Waals surface area contributed by atoms with Crippen LogP contribution < -0.4 is 5.56 Å². The summed E-state index contributed by atoms with van der Waals surface area (Å²) >= 11 is 0. The predicted molar refractivity (Wildman–Crippen MR) is 71.7 cm³/mol. The summed E-state index contributed by atoms with van der Waals surface area (Å²) in [5.74, 6) is -1.09. The van der Waals surface area contributed by atoms with Crippen LogP contribution in [0.25, 0.3) is 10.9 Å². The molecule has 0 saturated carbocycles. The molecule has 1 N–H and O–H groups in total. The number of carbonyl (C=O) groups is 1. The van der Waals surface area contributed by atoms with Gasteiger partial charge in [-0.05, 0) is 12.5 Å². The van der Waals surface area contributed by atoms with Gasteiger partial charge in [-0.1, -0.05) is 18.2 Å². The Morgan fingerprint density at radius 2 is 2.11 bits per heavy atom. The van der Waals surface area contributed by atoms with Crippen molar-refractivity contribution in [3.63, 3.8) is 0 Å². The highest BCUT2D eigenvalue weighted by atomic mass is 16.5. The number of pyridine rings is 1. The minimum atomic E-state index is -1.09. The number of para-hydroxylation sites is 1. The minimum absolute atomic E-state index is 0.0450. The molecule has 0 bridgehead atoms. The van der Waals surface area contributed by atoms with Crippen molar-refractivity contribution < 1.29 is 14.6 Å². The molecule has 0 amide bonds. The van der Waals surface area contributed by atoms with Crippen molar-refractivity contribution in [2.75, 3.05) is 13.7 Å². The van der Waals surface area contributed by atoms with Crippen LogP contribution >= 0.6 is 0 Å². The fraction of sp³-hybridized carbons (Fsp3) is 0.286. The Bertz CT molecular complexity index is 660. The summed E-state index contributed by atoms with van der Waals surface area (Å²) < 4.78 is 6.55. The standard InChI is InChI=1S/C14H15NO4/c1-19-8-4-7-15-12-6-3-2-5-10(12)11(14(17)18)9-13(15)16/h2-3,5-6,9H,4,7-8H2,1H3,(H,17,18). The first kappa shape index (κ1) is 13.3.